The first-order valence-electron chi connectivity index (χ1n) is 11.1. The Balaban J connectivity index is 1.87. The molecule has 3 aromatic rings. The number of ketones is 1. The lowest BCUT2D eigenvalue weighted by molar-refractivity contribution is 0.0510. The van der Waals surface area contributed by atoms with Gasteiger partial charge in [-0.1, -0.05) is 37.3 Å². The quantitative estimate of drug-likeness (QED) is 0.377. The topological polar surface area (TPSA) is 79.5 Å². The fourth-order valence-corrected chi connectivity index (χ4v) is 3.93. The summed E-state index contributed by atoms with van der Waals surface area (Å²) in [7, 11) is 1.73. The van der Waals surface area contributed by atoms with Gasteiger partial charge >= 0.3 is 5.97 Å². The van der Waals surface area contributed by atoms with Crippen LogP contribution in [0.25, 0.3) is 10.9 Å². The number of esters is 1. The maximum atomic E-state index is 13.7. The van der Waals surface area contributed by atoms with Gasteiger partial charge in [-0.25, -0.2) is 4.79 Å². The molecule has 0 unspecified atom stereocenters. The van der Waals surface area contributed by atoms with Crippen LogP contribution < -0.4 is 10.3 Å². The zero-order valence-electron chi connectivity index (χ0n) is 18.7. The van der Waals surface area contributed by atoms with E-state index in [1.807, 2.05) is 19.1 Å². The molecule has 0 amide bonds. The summed E-state index contributed by atoms with van der Waals surface area (Å²) in [5.41, 5.74) is 1.77. The van der Waals surface area contributed by atoms with E-state index in [1.165, 1.54) is 4.57 Å². The van der Waals surface area contributed by atoms with Crippen LogP contribution >= 0.6 is 0 Å². The van der Waals surface area contributed by atoms with Crippen LogP contribution in [0, 0.1) is 5.92 Å². The number of fused-ring (bicyclic) bond motifs is 1. The largest absolute Gasteiger partial charge is 0.490 e. The molecule has 2 aromatic heterocycles. The Morgan fingerprint density at radius 2 is 1.84 bits per heavy atom. The van der Waals surface area contributed by atoms with Crippen molar-refractivity contribution < 1.29 is 19.1 Å². The van der Waals surface area contributed by atoms with Crippen molar-refractivity contribution >= 4 is 22.7 Å². The number of carbonyl (C=O) groups is 2. The molecule has 1 aliphatic carbocycles. The third kappa shape index (κ3) is 4.07. The van der Waals surface area contributed by atoms with E-state index >= 15 is 0 Å². The molecule has 0 N–H and O–H groups in total. The summed E-state index contributed by atoms with van der Waals surface area (Å²) in [5.74, 6) is 0.0172. The standard InChI is InChI=1S/C25H28N2O5/c1-4-18-13-19-21(24(29)27(18)14-20(28)17-9-7-6-8-10-17)23(32-15-16-11-12-16)22(26(19)3)25(30)31-5-2/h6-10,13,16H,4-5,11-12,14-15H2,1-3H3. The SMILES string of the molecule is CCOC(=O)c1c(OCC2CC2)c2c(=O)n(CC(=O)c3ccccc3)c(CC)cc2n1C. The second-order valence-corrected chi connectivity index (χ2v) is 8.14. The van der Waals surface area contributed by atoms with Crippen molar-refractivity contribution in [1.29, 1.82) is 0 Å². The molecule has 1 saturated carbocycles. The molecule has 0 bridgehead atoms. The first kappa shape index (κ1) is 21.9. The summed E-state index contributed by atoms with van der Waals surface area (Å²) in [4.78, 5) is 39.3. The number of ether oxygens (including phenoxy) is 2. The average Bonchev–Trinajstić information content (AvgIpc) is 3.58. The van der Waals surface area contributed by atoms with Crippen molar-refractivity contribution in [2.45, 2.75) is 39.7 Å². The summed E-state index contributed by atoms with van der Waals surface area (Å²) in [5, 5.41) is 0.314. The monoisotopic (exact) mass is 436 g/mol. The number of benzene rings is 1. The van der Waals surface area contributed by atoms with E-state index in [-0.39, 0.29) is 35.9 Å². The van der Waals surface area contributed by atoms with Crippen molar-refractivity contribution in [1.82, 2.24) is 9.13 Å². The van der Waals surface area contributed by atoms with Gasteiger partial charge in [0.1, 0.15) is 5.39 Å². The van der Waals surface area contributed by atoms with Gasteiger partial charge in [-0.15, -0.1) is 0 Å². The van der Waals surface area contributed by atoms with Crippen LogP contribution in [0.15, 0.2) is 41.2 Å². The molecule has 0 aliphatic heterocycles. The van der Waals surface area contributed by atoms with Gasteiger partial charge in [0.05, 0.1) is 25.3 Å². The van der Waals surface area contributed by atoms with Gasteiger partial charge in [-0.3, -0.25) is 9.59 Å². The van der Waals surface area contributed by atoms with E-state index in [0.29, 0.717) is 35.4 Å². The van der Waals surface area contributed by atoms with E-state index in [2.05, 4.69) is 0 Å². The molecular formula is C25H28N2O5. The molecule has 32 heavy (non-hydrogen) atoms. The number of nitrogens with zero attached hydrogens (tertiary/aromatic N) is 2. The van der Waals surface area contributed by atoms with E-state index < -0.39 is 5.97 Å². The Kier molecular flexibility index (Phi) is 6.17. The summed E-state index contributed by atoms with van der Waals surface area (Å²) >= 11 is 0. The molecule has 1 fully saturated rings. The first-order chi connectivity index (χ1) is 15.5. The van der Waals surface area contributed by atoms with E-state index in [4.69, 9.17) is 9.47 Å². The van der Waals surface area contributed by atoms with Gasteiger partial charge < -0.3 is 18.6 Å². The number of pyridine rings is 1. The number of rotatable bonds is 9. The molecule has 0 spiro atoms. The van der Waals surface area contributed by atoms with E-state index in [0.717, 1.165) is 18.5 Å². The molecule has 4 rings (SSSR count). The highest BCUT2D eigenvalue weighted by atomic mass is 16.5. The minimum atomic E-state index is -0.527. The maximum Gasteiger partial charge on any atom is 0.358 e. The highest BCUT2D eigenvalue weighted by Crippen LogP contribution is 2.35. The summed E-state index contributed by atoms with van der Waals surface area (Å²) in [6.45, 7) is 4.27. The number of carbonyl (C=O) groups excluding carboxylic acids is 2. The highest BCUT2D eigenvalue weighted by Gasteiger charge is 2.30. The van der Waals surface area contributed by atoms with Crippen molar-refractivity contribution in [3.63, 3.8) is 0 Å². The molecule has 0 atom stereocenters. The van der Waals surface area contributed by atoms with E-state index in [9.17, 15) is 14.4 Å². The third-order valence-corrected chi connectivity index (χ3v) is 5.89. The molecular weight excluding hydrogens is 408 g/mol. The third-order valence-electron chi connectivity index (χ3n) is 5.89. The van der Waals surface area contributed by atoms with Gasteiger partial charge in [-0.05, 0) is 38.2 Å². The van der Waals surface area contributed by atoms with Crippen LogP contribution in [0.5, 0.6) is 5.75 Å². The Morgan fingerprint density at radius 1 is 1.12 bits per heavy atom. The molecule has 1 aliphatic rings. The van der Waals surface area contributed by atoms with Crippen molar-refractivity contribution in [3.8, 4) is 5.75 Å². The first-order valence-corrected chi connectivity index (χ1v) is 11.1. The van der Waals surface area contributed by atoms with Crippen LogP contribution in [-0.2, 0) is 24.8 Å². The summed E-state index contributed by atoms with van der Waals surface area (Å²) in [6.07, 6.45) is 2.72. The maximum absolute atomic E-state index is 13.7. The minimum Gasteiger partial charge on any atom is -0.490 e. The van der Waals surface area contributed by atoms with Crippen LogP contribution in [0.2, 0.25) is 0 Å². The number of hydrogen-bond donors (Lipinski definition) is 0. The van der Waals surface area contributed by atoms with Crippen LogP contribution in [0.1, 0.15) is 53.2 Å². The molecule has 0 radical (unpaired) electrons. The van der Waals surface area contributed by atoms with Crippen LogP contribution in [0.3, 0.4) is 0 Å². The molecule has 7 nitrogen and oxygen atoms in total. The van der Waals surface area contributed by atoms with Crippen LogP contribution in [-0.4, -0.2) is 34.1 Å². The van der Waals surface area contributed by atoms with Gasteiger partial charge in [0.15, 0.2) is 17.2 Å². The van der Waals surface area contributed by atoms with Gasteiger partial charge in [0.2, 0.25) is 0 Å². The van der Waals surface area contributed by atoms with Crippen molar-refractivity contribution in [2.24, 2.45) is 13.0 Å². The summed E-state index contributed by atoms with van der Waals surface area (Å²) < 4.78 is 14.5. The van der Waals surface area contributed by atoms with Crippen molar-refractivity contribution in [2.75, 3.05) is 13.2 Å². The molecule has 168 valence electrons. The Labute approximate surface area is 186 Å². The molecule has 0 saturated heterocycles. The second-order valence-electron chi connectivity index (χ2n) is 8.14. The normalized spacial score (nSPS) is 13.3. The smallest absolute Gasteiger partial charge is 0.358 e. The Bertz CT molecular complexity index is 1220. The van der Waals surface area contributed by atoms with Gasteiger partial charge in [-0.2, -0.15) is 0 Å². The Hall–Kier alpha value is -3.35. The fraction of sp³-hybridized carbons (Fsp3) is 0.400. The molecule has 1 aromatic carbocycles. The highest BCUT2D eigenvalue weighted by molar-refractivity contribution is 6.02. The van der Waals surface area contributed by atoms with Crippen molar-refractivity contribution in [3.05, 3.63) is 63.7 Å². The van der Waals surface area contributed by atoms with Gasteiger partial charge in [0.25, 0.3) is 5.56 Å². The lowest BCUT2D eigenvalue weighted by Crippen LogP contribution is -2.27. The number of hydrogen-bond acceptors (Lipinski definition) is 5. The zero-order chi connectivity index (χ0) is 22.8. The predicted octanol–water partition coefficient (Wildman–Crippen LogP) is 3.75. The lowest BCUT2D eigenvalue weighted by atomic mass is 10.1. The lowest BCUT2D eigenvalue weighted by Gasteiger charge is -2.13. The minimum absolute atomic E-state index is 0.0757. The fourth-order valence-electron chi connectivity index (χ4n) is 3.93. The zero-order valence-corrected chi connectivity index (χ0v) is 18.7. The predicted molar refractivity (Wildman–Crippen MR) is 122 cm³/mol. The van der Waals surface area contributed by atoms with E-state index in [1.54, 1.807) is 42.8 Å². The number of aryl methyl sites for hydroxylation is 2. The summed E-state index contributed by atoms with van der Waals surface area (Å²) in [6, 6.07) is 10.8. The van der Waals surface area contributed by atoms with Gasteiger partial charge in [0, 0.05) is 18.3 Å². The average molecular weight is 437 g/mol. The number of Topliss-reactive ketones (excluding diaryl/α,β-unsaturated/α-hetero) is 1. The number of aromatic nitrogens is 2. The van der Waals surface area contributed by atoms with Crippen LogP contribution in [0.4, 0.5) is 0 Å². The molecule has 2 heterocycles. The second kappa shape index (κ2) is 9.02. The Morgan fingerprint density at radius 3 is 2.47 bits per heavy atom. The molecule has 7 heteroatoms.